The van der Waals surface area contributed by atoms with E-state index in [1.165, 1.54) is 0 Å². The third kappa shape index (κ3) is 3.39. The lowest BCUT2D eigenvalue weighted by Crippen LogP contribution is -1.96. The molecule has 0 spiro atoms. The fourth-order valence-corrected chi connectivity index (χ4v) is 2.98. The molecule has 2 rings (SSSR count). The summed E-state index contributed by atoms with van der Waals surface area (Å²) in [5, 5.41) is 2.22. The van der Waals surface area contributed by atoms with Crippen molar-refractivity contribution < 1.29 is 0 Å². The van der Waals surface area contributed by atoms with Crippen molar-refractivity contribution in [1.82, 2.24) is 4.98 Å². The second kappa shape index (κ2) is 6.43. The van der Waals surface area contributed by atoms with Gasteiger partial charge < -0.3 is 5.73 Å². The fourth-order valence-electron chi connectivity index (χ4n) is 1.46. The summed E-state index contributed by atoms with van der Waals surface area (Å²) in [4.78, 5) is 4.22. The number of rotatable bonds is 4. The Morgan fingerprint density at radius 1 is 1.17 bits per heavy atom. The molecule has 94 valence electrons. The number of nitrogens with zero attached hydrogens (tertiary/aromatic N) is 1. The molecule has 0 bridgehead atoms. The van der Waals surface area contributed by atoms with Crippen molar-refractivity contribution >= 4 is 35.0 Å². The maximum Gasteiger partial charge on any atom is 0.115 e. The summed E-state index contributed by atoms with van der Waals surface area (Å²) in [6.45, 7) is 0.499. The summed E-state index contributed by atoms with van der Waals surface area (Å²) in [7, 11) is 0. The van der Waals surface area contributed by atoms with Gasteiger partial charge in [0, 0.05) is 23.5 Å². The quantitative estimate of drug-likeness (QED) is 0.862. The molecule has 2 aromatic rings. The largest absolute Gasteiger partial charge is 0.326 e. The van der Waals surface area contributed by atoms with Crippen LogP contribution in [0.1, 0.15) is 11.1 Å². The number of hydrogen-bond acceptors (Lipinski definition) is 3. The average molecular weight is 299 g/mol. The predicted octanol–water partition coefficient (Wildman–Crippen LogP) is 4.14. The average Bonchev–Trinajstić information content (AvgIpc) is 2.39. The number of nitrogens with two attached hydrogens (primary N) is 1. The highest BCUT2D eigenvalue weighted by molar-refractivity contribution is 7.98. The lowest BCUT2D eigenvalue weighted by atomic mass is 10.1. The van der Waals surface area contributed by atoms with Crippen LogP contribution in [0.15, 0.2) is 41.6 Å². The molecular weight excluding hydrogens is 287 g/mol. The summed E-state index contributed by atoms with van der Waals surface area (Å²) in [6.07, 6.45) is 1.73. The standard InChI is InChI=1S/C13H12Cl2N2S/c14-11-2-1-5-17-13(11)18-8-10-4-3-9(7-16)6-12(10)15/h1-6H,7-8,16H2. The maximum atomic E-state index is 6.19. The van der Waals surface area contributed by atoms with Crippen LogP contribution in [-0.2, 0) is 12.3 Å². The summed E-state index contributed by atoms with van der Waals surface area (Å²) in [6, 6.07) is 9.53. The van der Waals surface area contributed by atoms with E-state index < -0.39 is 0 Å². The Kier molecular flexibility index (Phi) is 4.89. The van der Waals surface area contributed by atoms with E-state index >= 15 is 0 Å². The molecule has 1 aromatic heterocycles. The molecule has 2 nitrogen and oxygen atoms in total. The third-order valence-corrected chi connectivity index (χ3v) is 4.27. The van der Waals surface area contributed by atoms with E-state index in [4.69, 9.17) is 28.9 Å². The molecule has 0 saturated carbocycles. The lowest BCUT2D eigenvalue weighted by Gasteiger charge is -2.06. The summed E-state index contributed by atoms with van der Waals surface area (Å²) in [5.74, 6) is 0.737. The SMILES string of the molecule is NCc1ccc(CSc2ncccc2Cl)c(Cl)c1. The third-order valence-electron chi connectivity index (χ3n) is 2.44. The number of hydrogen-bond donors (Lipinski definition) is 1. The van der Waals surface area contributed by atoms with Crippen LogP contribution in [0, 0.1) is 0 Å². The Labute approximate surface area is 121 Å². The number of pyridine rings is 1. The smallest absolute Gasteiger partial charge is 0.115 e. The highest BCUT2D eigenvalue weighted by atomic mass is 35.5. The van der Waals surface area contributed by atoms with E-state index in [1.807, 2.05) is 30.3 Å². The molecule has 1 aromatic carbocycles. The molecule has 0 aliphatic heterocycles. The van der Waals surface area contributed by atoms with E-state index in [2.05, 4.69) is 4.98 Å². The Balaban J connectivity index is 2.09. The van der Waals surface area contributed by atoms with E-state index in [0.717, 1.165) is 26.9 Å². The first-order valence-corrected chi connectivity index (χ1v) is 7.15. The lowest BCUT2D eigenvalue weighted by molar-refractivity contribution is 1.07. The zero-order valence-corrected chi connectivity index (χ0v) is 11.9. The van der Waals surface area contributed by atoms with Crippen molar-refractivity contribution in [2.75, 3.05) is 0 Å². The zero-order chi connectivity index (χ0) is 13.0. The molecule has 1 heterocycles. The number of halogens is 2. The predicted molar refractivity (Wildman–Crippen MR) is 78.2 cm³/mol. The van der Waals surface area contributed by atoms with Crippen molar-refractivity contribution in [2.45, 2.75) is 17.3 Å². The van der Waals surface area contributed by atoms with Gasteiger partial charge >= 0.3 is 0 Å². The van der Waals surface area contributed by atoms with Gasteiger partial charge in [-0.3, -0.25) is 0 Å². The van der Waals surface area contributed by atoms with Crippen LogP contribution in [0.5, 0.6) is 0 Å². The van der Waals surface area contributed by atoms with Crippen LogP contribution >= 0.6 is 35.0 Å². The minimum absolute atomic E-state index is 0.499. The topological polar surface area (TPSA) is 38.9 Å². The first-order valence-electron chi connectivity index (χ1n) is 5.41. The first kappa shape index (κ1) is 13.7. The van der Waals surface area contributed by atoms with Gasteiger partial charge in [0.15, 0.2) is 0 Å². The van der Waals surface area contributed by atoms with Gasteiger partial charge in [-0.15, -0.1) is 11.8 Å². The summed E-state index contributed by atoms with van der Waals surface area (Å²) < 4.78 is 0. The summed E-state index contributed by atoms with van der Waals surface area (Å²) >= 11 is 13.8. The molecule has 0 radical (unpaired) electrons. The maximum absolute atomic E-state index is 6.19. The van der Waals surface area contributed by atoms with Gasteiger partial charge in [-0.1, -0.05) is 35.3 Å². The van der Waals surface area contributed by atoms with E-state index in [-0.39, 0.29) is 0 Å². The minimum Gasteiger partial charge on any atom is -0.326 e. The van der Waals surface area contributed by atoms with E-state index in [1.54, 1.807) is 18.0 Å². The second-order valence-corrected chi connectivity index (χ2v) is 5.49. The van der Waals surface area contributed by atoms with Gasteiger partial charge in [-0.25, -0.2) is 4.98 Å². The van der Waals surface area contributed by atoms with Gasteiger partial charge in [0.25, 0.3) is 0 Å². The molecule has 0 aliphatic rings. The number of aromatic nitrogens is 1. The van der Waals surface area contributed by atoms with Gasteiger partial charge in [0.05, 0.1) is 5.02 Å². The molecule has 0 saturated heterocycles. The van der Waals surface area contributed by atoms with Gasteiger partial charge in [-0.2, -0.15) is 0 Å². The van der Waals surface area contributed by atoms with Crippen molar-refractivity contribution in [3.05, 3.63) is 57.7 Å². The zero-order valence-electron chi connectivity index (χ0n) is 9.57. The Hall–Kier alpha value is -0.740. The highest BCUT2D eigenvalue weighted by Gasteiger charge is 2.05. The van der Waals surface area contributed by atoms with Gasteiger partial charge in [-0.05, 0) is 29.3 Å². The molecule has 18 heavy (non-hydrogen) atoms. The van der Waals surface area contributed by atoms with Gasteiger partial charge in [0.1, 0.15) is 5.03 Å². The number of benzene rings is 1. The minimum atomic E-state index is 0.499. The Bertz CT molecular complexity index is 546. The van der Waals surface area contributed by atoms with E-state index in [0.29, 0.717) is 11.6 Å². The molecule has 2 N–H and O–H groups in total. The van der Waals surface area contributed by atoms with Crippen LogP contribution in [0.3, 0.4) is 0 Å². The van der Waals surface area contributed by atoms with Crippen molar-refractivity contribution in [2.24, 2.45) is 5.73 Å². The fraction of sp³-hybridized carbons (Fsp3) is 0.154. The van der Waals surface area contributed by atoms with Crippen LogP contribution in [0.2, 0.25) is 10.0 Å². The first-order chi connectivity index (χ1) is 8.70. The van der Waals surface area contributed by atoms with Crippen molar-refractivity contribution in [1.29, 1.82) is 0 Å². The monoisotopic (exact) mass is 298 g/mol. The van der Waals surface area contributed by atoms with Crippen molar-refractivity contribution in [3.63, 3.8) is 0 Å². The van der Waals surface area contributed by atoms with Crippen molar-refractivity contribution in [3.8, 4) is 0 Å². The van der Waals surface area contributed by atoms with Crippen LogP contribution in [0.4, 0.5) is 0 Å². The molecular formula is C13H12Cl2N2S. The second-order valence-electron chi connectivity index (χ2n) is 3.71. The van der Waals surface area contributed by atoms with Crippen LogP contribution < -0.4 is 5.73 Å². The Morgan fingerprint density at radius 2 is 2.00 bits per heavy atom. The van der Waals surface area contributed by atoms with Crippen LogP contribution in [0.25, 0.3) is 0 Å². The molecule has 0 amide bonds. The van der Waals surface area contributed by atoms with Gasteiger partial charge in [0.2, 0.25) is 0 Å². The highest BCUT2D eigenvalue weighted by Crippen LogP contribution is 2.30. The summed E-state index contributed by atoms with van der Waals surface area (Å²) in [5.41, 5.74) is 7.65. The molecule has 0 atom stereocenters. The number of thioether (sulfide) groups is 1. The van der Waals surface area contributed by atoms with Crippen LogP contribution in [-0.4, -0.2) is 4.98 Å². The molecule has 5 heteroatoms. The normalized spacial score (nSPS) is 10.6. The molecule has 0 fully saturated rings. The van der Waals surface area contributed by atoms with E-state index in [9.17, 15) is 0 Å². The molecule has 0 unspecified atom stereocenters. The Morgan fingerprint density at radius 3 is 2.67 bits per heavy atom. The molecule has 0 aliphatic carbocycles.